The molecule has 1 aliphatic heterocycles. The first-order chi connectivity index (χ1) is 6.33. The summed E-state index contributed by atoms with van der Waals surface area (Å²) in [5.41, 5.74) is 0. The number of rotatable bonds is 4. The van der Waals surface area contributed by atoms with Gasteiger partial charge in [0.2, 0.25) is 12.2 Å². The summed E-state index contributed by atoms with van der Waals surface area (Å²) in [7, 11) is 0. The lowest BCUT2D eigenvalue weighted by Gasteiger charge is -2.20. The van der Waals surface area contributed by atoms with Gasteiger partial charge in [-0.2, -0.15) is 0 Å². The molecule has 4 nitrogen and oxygen atoms in total. The van der Waals surface area contributed by atoms with Crippen LogP contribution in [0.5, 0.6) is 0 Å². The van der Waals surface area contributed by atoms with Gasteiger partial charge < -0.3 is 0 Å². The van der Waals surface area contributed by atoms with Crippen molar-refractivity contribution in [2.75, 3.05) is 24.6 Å². The summed E-state index contributed by atoms with van der Waals surface area (Å²) in [6, 6.07) is 0. The van der Waals surface area contributed by atoms with Crippen LogP contribution in [0.15, 0.2) is 9.98 Å². The Labute approximate surface area is 84.3 Å². The second-order valence-corrected chi connectivity index (χ2v) is 5.64. The van der Waals surface area contributed by atoms with Crippen molar-refractivity contribution in [2.24, 2.45) is 9.98 Å². The van der Waals surface area contributed by atoms with Gasteiger partial charge in [0, 0.05) is 11.5 Å². The Bertz CT molecular complexity index is 242. The topological polar surface area (TPSA) is 58.9 Å². The molecule has 0 aliphatic carbocycles. The summed E-state index contributed by atoms with van der Waals surface area (Å²) in [5, 5.41) is 0. The van der Waals surface area contributed by atoms with Crippen LogP contribution in [0.1, 0.15) is 0 Å². The lowest BCUT2D eigenvalue weighted by Crippen LogP contribution is -2.25. The molecule has 6 heteroatoms. The monoisotopic (exact) mass is 216 g/mol. The van der Waals surface area contributed by atoms with Gasteiger partial charge in [-0.15, -0.1) is 23.5 Å². The maximum atomic E-state index is 9.96. The van der Waals surface area contributed by atoms with E-state index in [1.54, 1.807) is 23.5 Å². The minimum absolute atomic E-state index is 0.227. The van der Waals surface area contributed by atoms with E-state index in [1.807, 2.05) is 0 Å². The Morgan fingerprint density at radius 3 is 1.92 bits per heavy atom. The number of hydrogen-bond acceptors (Lipinski definition) is 6. The van der Waals surface area contributed by atoms with Crippen LogP contribution in [0.2, 0.25) is 0 Å². The molecule has 1 aliphatic rings. The van der Waals surface area contributed by atoms with E-state index < -0.39 is 0 Å². The molecule has 1 fully saturated rings. The van der Waals surface area contributed by atoms with E-state index in [9.17, 15) is 9.59 Å². The van der Waals surface area contributed by atoms with E-state index in [0.29, 0.717) is 13.1 Å². The molecule has 0 bridgehead atoms. The number of aliphatic imine (C=N–C) groups is 2. The maximum Gasteiger partial charge on any atom is 0.235 e. The van der Waals surface area contributed by atoms with Gasteiger partial charge in [-0.3, -0.25) is 0 Å². The highest BCUT2D eigenvalue weighted by molar-refractivity contribution is 8.21. The van der Waals surface area contributed by atoms with E-state index in [-0.39, 0.29) is 4.08 Å². The molecule has 1 heterocycles. The fraction of sp³-hybridized carbons (Fsp3) is 0.714. The van der Waals surface area contributed by atoms with Crippen LogP contribution in [-0.2, 0) is 9.59 Å². The quantitative estimate of drug-likeness (QED) is 0.516. The SMILES string of the molecule is O=C=NCC1(CN=C=O)SCCS1. The van der Waals surface area contributed by atoms with Crippen LogP contribution < -0.4 is 0 Å². The van der Waals surface area contributed by atoms with Crippen LogP contribution in [0, 0.1) is 0 Å². The summed E-state index contributed by atoms with van der Waals surface area (Å²) < 4.78 is -0.227. The van der Waals surface area contributed by atoms with Gasteiger partial charge in [0.05, 0.1) is 13.1 Å². The van der Waals surface area contributed by atoms with Crippen molar-refractivity contribution in [2.45, 2.75) is 4.08 Å². The van der Waals surface area contributed by atoms with Crippen LogP contribution in [0.4, 0.5) is 0 Å². The van der Waals surface area contributed by atoms with E-state index in [2.05, 4.69) is 9.98 Å². The summed E-state index contributed by atoms with van der Waals surface area (Å²) in [4.78, 5) is 27.0. The molecule has 0 aromatic carbocycles. The first-order valence-corrected chi connectivity index (χ1v) is 5.65. The zero-order valence-electron chi connectivity index (χ0n) is 6.86. The fourth-order valence-corrected chi connectivity index (χ4v) is 3.90. The number of carbonyl (C=O) groups excluding carboxylic acids is 2. The van der Waals surface area contributed by atoms with Crippen LogP contribution in [0.3, 0.4) is 0 Å². The van der Waals surface area contributed by atoms with Crippen molar-refractivity contribution in [1.29, 1.82) is 0 Å². The van der Waals surface area contributed by atoms with Gasteiger partial charge in [0.1, 0.15) is 4.08 Å². The predicted octanol–water partition coefficient (Wildman–Crippen LogP) is 0.834. The second kappa shape index (κ2) is 5.25. The molecule has 0 amide bonds. The number of nitrogens with zero attached hydrogens (tertiary/aromatic N) is 2. The van der Waals surface area contributed by atoms with Gasteiger partial charge >= 0.3 is 0 Å². The van der Waals surface area contributed by atoms with Gasteiger partial charge in [-0.05, 0) is 0 Å². The van der Waals surface area contributed by atoms with Gasteiger partial charge in [0.15, 0.2) is 0 Å². The highest BCUT2D eigenvalue weighted by atomic mass is 32.2. The van der Waals surface area contributed by atoms with Gasteiger partial charge in [0.25, 0.3) is 0 Å². The minimum atomic E-state index is -0.227. The van der Waals surface area contributed by atoms with Crippen molar-refractivity contribution in [3.63, 3.8) is 0 Å². The summed E-state index contributed by atoms with van der Waals surface area (Å²) in [5.74, 6) is 2.01. The molecule has 1 saturated heterocycles. The first kappa shape index (κ1) is 10.5. The third kappa shape index (κ3) is 3.01. The maximum absolute atomic E-state index is 9.96. The fourth-order valence-electron chi connectivity index (χ4n) is 1.04. The Hall–Kier alpha value is -0.540. The first-order valence-electron chi connectivity index (χ1n) is 3.68. The van der Waals surface area contributed by atoms with Crippen molar-refractivity contribution in [1.82, 2.24) is 0 Å². The molecule has 13 heavy (non-hydrogen) atoms. The Kier molecular flexibility index (Phi) is 4.25. The molecule has 1 rings (SSSR count). The van der Waals surface area contributed by atoms with Gasteiger partial charge in [-0.1, -0.05) is 0 Å². The summed E-state index contributed by atoms with van der Waals surface area (Å²) >= 11 is 3.37. The van der Waals surface area contributed by atoms with Gasteiger partial charge in [-0.25, -0.2) is 19.6 Å². The predicted molar refractivity (Wildman–Crippen MR) is 53.6 cm³/mol. The zero-order chi connectivity index (χ0) is 9.57. The Morgan fingerprint density at radius 1 is 1.08 bits per heavy atom. The third-order valence-electron chi connectivity index (χ3n) is 1.58. The number of thioether (sulfide) groups is 2. The molecule has 0 N–H and O–H groups in total. The molecule has 0 spiro atoms. The second-order valence-electron chi connectivity index (χ2n) is 2.42. The van der Waals surface area contributed by atoms with E-state index >= 15 is 0 Å². The molecular formula is C7H8N2O2S2. The van der Waals surface area contributed by atoms with Crippen LogP contribution in [0.25, 0.3) is 0 Å². The smallest absolute Gasteiger partial charge is 0.211 e. The summed E-state index contributed by atoms with van der Waals surface area (Å²) in [6.07, 6.45) is 3.01. The molecule has 0 unspecified atom stereocenters. The van der Waals surface area contributed by atoms with E-state index in [4.69, 9.17) is 0 Å². The highest BCUT2D eigenvalue weighted by Gasteiger charge is 2.35. The molecule has 0 aromatic heterocycles. The number of isocyanates is 2. The Morgan fingerprint density at radius 2 is 1.54 bits per heavy atom. The zero-order valence-corrected chi connectivity index (χ0v) is 8.49. The Balaban J connectivity index is 2.61. The van der Waals surface area contributed by atoms with Crippen molar-refractivity contribution in [3.8, 4) is 0 Å². The van der Waals surface area contributed by atoms with Crippen molar-refractivity contribution in [3.05, 3.63) is 0 Å². The number of hydrogen-bond donors (Lipinski definition) is 0. The van der Waals surface area contributed by atoms with E-state index in [1.165, 1.54) is 12.2 Å². The molecule has 0 radical (unpaired) electrons. The average molecular weight is 216 g/mol. The minimum Gasteiger partial charge on any atom is -0.211 e. The molecule has 0 saturated carbocycles. The normalized spacial score (nSPS) is 18.8. The average Bonchev–Trinajstić information content (AvgIpc) is 2.61. The molecule has 70 valence electrons. The van der Waals surface area contributed by atoms with Crippen molar-refractivity contribution < 1.29 is 9.59 Å². The molecule has 0 atom stereocenters. The van der Waals surface area contributed by atoms with Crippen LogP contribution >= 0.6 is 23.5 Å². The summed E-state index contributed by atoms with van der Waals surface area (Å²) in [6.45, 7) is 0.744. The third-order valence-corrected chi connectivity index (χ3v) is 4.93. The molecular weight excluding hydrogens is 208 g/mol. The van der Waals surface area contributed by atoms with Crippen molar-refractivity contribution >= 4 is 35.7 Å². The standard InChI is InChI=1S/C7H8N2O2S2/c10-5-8-3-7(4-9-6-11)12-1-2-13-7/h1-4H2. The molecule has 0 aromatic rings. The largest absolute Gasteiger partial charge is 0.235 e. The lowest BCUT2D eigenvalue weighted by atomic mass is 10.4. The lowest BCUT2D eigenvalue weighted by molar-refractivity contribution is 0.560. The van der Waals surface area contributed by atoms with Crippen LogP contribution in [-0.4, -0.2) is 40.8 Å². The highest BCUT2D eigenvalue weighted by Crippen LogP contribution is 2.44. The van der Waals surface area contributed by atoms with E-state index in [0.717, 1.165) is 11.5 Å².